The summed E-state index contributed by atoms with van der Waals surface area (Å²) in [6, 6.07) is 11.8. The van der Waals surface area contributed by atoms with Crippen LogP contribution in [0.4, 0.5) is 11.4 Å². The van der Waals surface area contributed by atoms with Crippen LogP contribution in [-0.4, -0.2) is 97.9 Å². The summed E-state index contributed by atoms with van der Waals surface area (Å²) in [4.78, 5) is 42.0. The molecule has 2 saturated carbocycles. The highest BCUT2D eigenvalue weighted by Gasteiger charge is 2.43. The van der Waals surface area contributed by atoms with Crippen LogP contribution in [0.1, 0.15) is 85.8 Å². The van der Waals surface area contributed by atoms with Crippen LogP contribution in [0.25, 0.3) is 11.1 Å². The third kappa shape index (κ3) is 7.47. The Hall–Kier alpha value is -4.79. The lowest BCUT2D eigenvalue weighted by molar-refractivity contribution is -0.121. The highest BCUT2D eigenvalue weighted by atomic mass is 16.6. The summed E-state index contributed by atoms with van der Waals surface area (Å²) in [5.41, 5.74) is 22.8. The lowest BCUT2D eigenvalue weighted by Gasteiger charge is -2.50. The van der Waals surface area contributed by atoms with Crippen molar-refractivity contribution >= 4 is 38.9 Å². The molecular formula is C39H49B2N11O3. The molecule has 1 aromatic carbocycles. The number of para-hydroxylation sites is 1. The van der Waals surface area contributed by atoms with E-state index in [0.29, 0.717) is 41.9 Å². The van der Waals surface area contributed by atoms with Crippen molar-refractivity contribution in [2.45, 2.75) is 75.3 Å². The number of aromatic nitrogens is 3. The zero-order valence-electron chi connectivity index (χ0n) is 31.6. The second kappa shape index (κ2) is 15.0. The van der Waals surface area contributed by atoms with E-state index in [1.54, 1.807) is 24.3 Å². The van der Waals surface area contributed by atoms with Gasteiger partial charge in [0, 0.05) is 68.1 Å². The first-order valence-electron chi connectivity index (χ1n) is 19.5. The summed E-state index contributed by atoms with van der Waals surface area (Å²) in [7, 11) is 15.6. The highest BCUT2D eigenvalue weighted by molar-refractivity contribution is 6.39. The second-order valence-corrected chi connectivity index (χ2v) is 15.5. The van der Waals surface area contributed by atoms with Crippen molar-refractivity contribution in [2.75, 3.05) is 50.1 Å². The Morgan fingerprint density at radius 1 is 1.04 bits per heavy atom. The van der Waals surface area contributed by atoms with Crippen molar-refractivity contribution in [3.8, 4) is 11.1 Å². The zero-order chi connectivity index (χ0) is 38.4. The molecule has 4 fully saturated rings. The number of fused-ring (bicyclic) bond motifs is 3. The smallest absolute Gasteiger partial charge is 0.272 e. The van der Waals surface area contributed by atoms with Crippen molar-refractivity contribution in [1.82, 2.24) is 35.4 Å². The van der Waals surface area contributed by atoms with Gasteiger partial charge in [0.2, 0.25) is 5.91 Å². The van der Waals surface area contributed by atoms with E-state index in [1.165, 1.54) is 0 Å². The van der Waals surface area contributed by atoms with Gasteiger partial charge in [-0.2, -0.15) is 10.6 Å². The summed E-state index contributed by atoms with van der Waals surface area (Å²) >= 11 is 0. The Labute approximate surface area is 324 Å². The van der Waals surface area contributed by atoms with Crippen molar-refractivity contribution in [2.24, 2.45) is 17.4 Å². The largest absolute Gasteiger partial charge is 0.398 e. The van der Waals surface area contributed by atoms with Gasteiger partial charge in [-0.05, 0) is 68.5 Å². The van der Waals surface area contributed by atoms with Crippen LogP contribution in [0, 0.1) is 5.92 Å². The number of rotatable bonds is 14. The monoisotopic (exact) mass is 741 g/mol. The van der Waals surface area contributed by atoms with Gasteiger partial charge in [-0.15, -0.1) is 0 Å². The van der Waals surface area contributed by atoms with Gasteiger partial charge in [-0.1, -0.05) is 25.1 Å². The number of carbonyl (C=O) groups is 2. The SMILES string of the molecule is [B]C([B])(c1cccc(C(=O)N2CCCC2)n1)N1CC(n2ncc3c2C(CC)N(C)c2c(NC(/C=C(\N)NC(=O)C4CC4)=C(/N)CONC4CC4)cccc2-3)C1. The van der Waals surface area contributed by atoms with E-state index in [9.17, 15) is 9.59 Å². The third-order valence-electron chi connectivity index (χ3n) is 11.4. The number of hydroxylamine groups is 1. The number of pyridine rings is 1. The van der Waals surface area contributed by atoms with Gasteiger partial charge >= 0.3 is 0 Å². The van der Waals surface area contributed by atoms with Crippen LogP contribution in [0.5, 0.6) is 0 Å². The summed E-state index contributed by atoms with van der Waals surface area (Å²) in [5, 5.41) is 9.95. The first-order chi connectivity index (χ1) is 26.5. The van der Waals surface area contributed by atoms with Gasteiger partial charge in [-0.3, -0.25) is 19.1 Å². The molecule has 4 radical (unpaired) electrons. The lowest BCUT2D eigenvalue weighted by Crippen LogP contribution is -2.60. The quantitative estimate of drug-likeness (QED) is 0.0935. The number of likely N-dealkylation sites (tertiary alicyclic amines) is 2. The molecule has 55 heavy (non-hydrogen) atoms. The van der Waals surface area contributed by atoms with Gasteiger partial charge in [0.15, 0.2) is 0 Å². The van der Waals surface area contributed by atoms with Crippen molar-refractivity contribution in [3.63, 3.8) is 0 Å². The van der Waals surface area contributed by atoms with Crippen LogP contribution in [0.2, 0.25) is 0 Å². The first kappa shape index (κ1) is 37.1. The first-order valence-corrected chi connectivity index (χ1v) is 19.5. The van der Waals surface area contributed by atoms with Gasteiger partial charge < -0.3 is 36.8 Å². The number of hydrogen-bond donors (Lipinski definition) is 5. The van der Waals surface area contributed by atoms with Crippen LogP contribution < -0.4 is 32.5 Å². The standard InChI is InChI=1S/C39H49B2N11O3/c1-3-32-36-27(19-44-52(36)25-20-51(21-25)39(40,41)33-11-7-10-30(46-33)38(54)50-16-4-5-17-50)26-8-6-9-29(35(26)49(32)2)45-31(28(42)22-55-48-24-14-15-24)18-34(43)47-37(53)23-12-13-23/h6-11,18-19,23-25,32,45,48H,3-5,12-17,20-22,42-43H2,1-2H3,(H,47,53)/b31-28+,34-18+. The minimum Gasteiger partial charge on any atom is -0.398 e. The molecule has 14 nitrogen and oxygen atoms in total. The topological polar surface area (TPSA) is 172 Å². The van der Waals surface area contributed by atoms with Gasteiger partial charge in [0.05, 0.1) is 62.4 Å². The summed E-state index contributed by atoms with van der Waals surface area (Å²) < 4.78 is 2.12. The van der Waals surface area contributed by atoms with Crippen LogP contribution in [0.15, 0.2) is 65.9 Å². The molecule has 2 saturated heterocycles. The van der Waals surface area contributed by atoms with Crippen LogP contribution >= 0.6 is 0 Å². The second-order valence-electron chi connectivity index (χ2n) is 15.5. The molecule has 5 aliphatic rings. The van der Waals surface area contributed by atoms with Gasteiger partial charge in [-0.25, -0.2) is 4.98 Å². The number of nitrogens with zero attached hydrogens (tertiary/aromatic N) is 6. The van der Waals surface area contributed by atoms with Crippen molar-refractivity contribution in [3.05, 3.63) is 83.0 Å². The molecule has 2 amide bonds. The van der Waals surface area contributed by atoms with E-state index in [4.69, 9.17) is 37.1 Å². The van der Waals surface area contributed by atoms with Crippen LogP contribution in [-0.2, 0) is 15.0 Å². The number of nitrogens with two attached hydrogens (primary N) is 2. The fourth-order valence-electron chi connectivity index (χ4n) is 7.84. The van der Waals surface area contributed by atoms with E-state index in [0.717, 1.165) is 86.2 Å². The molecule has 3 aromatic rings. The third-order valence-corrected chi connectivity index (χ3v) is 11.4. The molecule has 2 aromatic heterocycles. The summed E-state index contributed by atoms with van der Waals surface area (Å²) in [6.07, 6.45) is 10.3. The number of benzene rings is 1. The molecular weight excluding hydrogens is 692 g/mol. The molecule has 284 valence electrons. The van der Waals surface area contributed by atoms with E-state index in [2.05, 4.69) is 50.7 Å². The molecule has 8 rings (SSSR count). The Kier molecular flexibility index (Phi) is 10.2. The predicted octanol–water partition coefficient (Wildman–Crippen LogP) is 2.68. The molecule has 2 aliphatic carbocycles. The maximum atomic E-state index is 13.1. The molecule has 1 unspecified atom stereocenters. The minimum atomic E-state index is -1.36. The van der Waals surface area contributed by atoms with E-state index in [1.807, 2.05) is 28.1 Å². The Balaban J connectivity index is 1.03. The van der Waals surface area contributed by atoms with E-state index < -0.39 is 5.34 Å². The molecule has 3 aliphatic heterocycles. The molecule has 0 bridgehead atoms. The molecule has 7 N–H and O–H groups in total. The summed E-state index contributed by atoms with van der Waals surface area (Å²) in [5.74, 6) is 0.0440. The van der Waals surface area contributed by atoms with Gasteiger partial charge in [0.25, 0.3) is 5.91 Å². The number of carbonyl (C=O) groups excluding carboxylic acids is 2. The Morgan fingerprint density at radius 3 is 2.49 bits per heavy atom. The number of nitrogens with one attached hydrogen (secondary N) is 3. The van der Waals surface area contributed by atoms with Crippen molar-refractivity contribution in [1.29, 1.82) is 0 Å². The van der Waals surface area contributed by atoms with Gasteiger partial charge in [0.1, 0.15) is 18.1 Å². The zero-order valence-corrected chi connectivity index (χ0v) is 31.6. The van der Waals surface area contributed by atoms with E-state index >= 15 is 0 Å². The summed E-state index contributed by atoms with van der Waals surface area (Å²) in [6.45, 7) is 4.92. The maximum absolute atomic E-state index is 13.1. The predicted molar refractivity (Wildman–Crippen MR) is 212 cm³/mol. The molecule has 1 atom stereocenters. The molecule has 16 heteroatoms. The Bertz CT molecular complexity index is 2010. The fourth-order valence-corrected chi connectivity index (χ4v) is 7.84. The fraction of sp³-hybridized carbons (Fsp3) is 0.487. The maximum Gasteiger partial charge on any atom is 0.272 e. The highest BCUT2D eigenvalue weighted by Crippen LogP contribution is 2.50. The molecule has 5 heterocycles. The number of amides is 2. The lowest BCUT2D eigenvalue weighted by atomic mass is 9.57. The van der Waals surface area contributed by atoms with Crippen LogP contribution in [0.3, 0.4) is 0 Å². The number of anilines is 2. The van der Waals surface area contributed by atoms with Crippen molar-refractivity contribution < 1.29 is 14.4 Å². The normalized spacial score (nSPS) is 20.8. The van der Waals surface area contributed by atoms with E-state index in [-0.39, 0.29) is 42.2 Å². The number of hydrogen-bond acceptors (Lipinski definition) is 11. The number of allylic oxidation sites excluding steroid dienone is 1. The molecule has 0 spiro atoms. The average Bonchev–Trinajstić information content (AvgIpc) is 4.08. The average molecular weight is 742 g/mol. The Morgan fingerprint density at radius 2 is 1.78 bits per heavy atom. The minimum absolute atomic E-state index is 0.00625.